The second-order valence-corrected chi connectivity index (χ2v) is 6.97. The van der Waals surface area contributed by atoms with Crippen LogP contribution in [0.5, 0.6) is 0 Å². The zero-order chi connectivity index (χ0) is 15.6. The summed E-state index contributed by atoms with van der Waals surface area (Å²) in [6.45, 7) is 2.02. The highest BCUT2D eigenvalue weighted by Crippen LogP contribution is 2.33. The fraction of sp³-hybridized carbons (Fsp3) is 0.500. The summed E-state index contributed by atoms with van der Waals surface area (Å²) in [7, 11) is -2.59. The highest BCUT2D eigenvalue weighted by molar-refractivity contribution is 7.89. The van der Waals surface area contributed by atoms with E-state index in [4.69, 9.17) is 5.73 Å². The number of carbonyl (C=O) groups is 1. The first-order chi connectivity index (χ1) is 9.89. The topological polar surface area (TPSA) is 98.5 Å². The standard InChI is InChI=1S/C14H20N2O4S/c1-9-3-6-13(11(7-9)14(17)20-2)21(18,19)16-12(8-15)10-4-5-10/h3,6-7,10,12,16H,4-5,8,15H2,1-2H3. The molecule has 3 N–H and O–H groups in total. The zero-order valence-corrected chi connectivity index (χ0v) is 12.9. The molecule has 0 heterocycles. The average molecular weight is 312 g/mol. The second-order valence-electron chi connectivity index (χ2n) is 5.29. The first-order valence-electron chi connectivity index (χ1n) is 6.80. The molecule has 2 rings (SSSR count). The van der Waals surface area contributed by atoms with Gasteiger partial charge in [0.15, 0.2) is 0 Å². The highest BCUT2D eigenvalue weighted by Gasteiger charge is 2.34. The van der Waals surface area contributed by atoms with Crippen LogP contribution in [0.15, 0.2) is 23.1 Å². The average Bonchev–Trinajstić information content (AvgIpc) is 3.28. The molecule has 1 unspecified atom stereocenters. The van der Waals surface area contributed by atoms with Gasteiger partial charge in [-0.1, -0.05) is 11.6 Å². The number of ether oxygens (including phenoxy) is 1. The van der Waals surface area contributed by atoms with Gasteiger partial charge in [0.2, 0.25) is 10.0 Å². The number of benzene rings is 1. The molecule has 0 amide bonds. The third kappa shape index (κ3) is 3.61. The summed E-state index contributed by atoms with van der Waals surface area (Å²) in [6, 6.07) is 4.29. The minimum absolute atomic E-state index is 0.0385. The molecular formula is C14H20N2O4S. The summed E-state index contributed by atoms with van der Waals surface area (Å²) in [5.41, 5.74) is 6.45. The van der Waals surface area contributed by atoms with E-state index in [0.717, 1.165) is 18.4 Å². The molecule has 0 radical (unpaired) electrons. The van der Waals surface area contributed by atoms with Gasteiger partial charge in [0.05, 0.1) is 17.6 Å². The maximum atomic E-state index is 12.5. The van der Waals surface area contributed by atoms with Crippen molar-refractivity contribution in [1.82, 2.24) is 4.72 Å². The van der Waals surface area contributed by atoms with Gasteiger partial charge in [0.1, 0.15) is 0 Å². The first kappa shape index (κ1) is 15.9. The minimum Gasteiger partial charge on any atom is -0.465 e. The van der Waals surface area contributed by atoms with Crippen molar-refractivity contribution in [1.29, 1.82) is 0 Å². The van der Waals surface area contributed by atoms with Gasteiger partial charge in [0, 0.05) is 12.6 Å². The van der Waals surface area contributed by atoms with E-state index in [0.29, 0.717) is 0 Å². The molecule has 1 aromatic rings. The normalized spacial score (nSPS) is 16.5. The van der Waals surface area contributed by atoms with Crippen LogP contribution in [0.1, 0.15) is 28.8 Å². The van der Waals surface area contributed by atoms with Crippen LogP contribution in [0.4, 0.5) is 0 Å². The number of carbonyl (C=O) groups excluding carboxylic acids is 1. The summed E-state index contributed by atoms with van der Waals surface area (Å²) in [5, 5.41) is 0. The van der Waals surface area contributed by atoms with E-state index in [1.165, 1.54) is 19.2 Å². The molecule has 1 fully saturated rings. The lowest BCUT2D eigenvalue weighted by Gasteiger charge is -2.17. The summed E-state index contributed by atoms with van der Waals surface area (Å²) in [6.07, 6.45) is 1.95. The van der Waals surface area contributed by atoms with Crippen LogP contribution in [0.25, 0.3) is 0 Å². The molecule has 21 heavy (non-hydrogen) atoms. The van der Waals surface area contributed by atoms with E-state index in [-0.39, 0.29) is 29.0 Å². The second kappa shape index (κ2) is 6.13. The van der Waals surface area contributed by atoms with Gasteiger partial charge in [0.25, 0.3) is 0 Å². The van der Waals surface area contributed by atoms with Crippen LogP contribution >= 0.6 is 0 Å². The van der Waals surface area contributed by atoms with Crippen molar-refractivity contribution >= 4 is 16.0 Å². The number of nitrogens with one attached hydrogen (secondary N) is 1. The van der Waals surface area contributed by atoms with Crippen LogP contribution in [0.2, 0.25) is 0 Å². The van der Waals surface area contributed by atoms with Crippen molar-refractivity contribution in [2.24, 2.45) is 11.7 Å². The van der Waals surface area contributed by atoms with Crippen molar-refractivity contribution in [2.45, 2.75) is 30.7 Å². The number of rotatable bonds is 6. The summed E-state index contributed by atoms with van der Waals surface area (Å²) < 4.78 is 32.3. The van der Waals surface area contributed by atoms with E-state index in [1.54, 1.807) is 13.0 Å². The molecule has 1 aliphatic carbocycles. The molecule has 0 spiro atoms. The number of hydrogen-bond donors (Lipinski definition) is 2. The lowest BCUT2D eigenvalue weighted by Crippen LogP contribution is -2.42. The van der Waals surface area contributed by atoms with Gasteiger partial charge in [-0.3, -0.25) is 0 Å². The van der Waals surface area contributed by atoms with Crippen LogP contribution in [-0.4, -0.2) is 34.1 Å². The summed E-state index contributed by atoms with van der Waals surface area (Å²) in [5.74, 6) is -0.383. The molecule has 0 aromatic heterocycles. The molecule has 1 aliphatic rings. The van der Waals surface area contributed by atoms with Gasteiger partial charge in [-0.2, -0.15) is 0 Å². The maximum absolute atomic E-state index is 12.5. The Hall–Kier alpha value is -1.44. The van der Waals surface area contributed by atoms with Gasteiger partial charge >= 0.3 is 5.97 Å². The van der Waals surface area contributed by atoms with Crippen molar-refractivity contribution in [3.8, 4) is 0 Å². The fourth-order valence-electron chi connectivity index (χ4n) is 2.25. The van der Waals surface area contributed by atoms with E-state index < -0.39 is 16.0 Å². The fourth-order valence-corrected chi connectivity index (χ4v) is 3.74. The molecule has 1 saturated carbocycles. The molecule has 1 atom stereocenters. The molecule has 0 bridgehead atoms. The molecule has 0 aliphatic heterocycles. The van der Waals surface area contributed by atoms with E-state index in [2.05, 4.69) is 9.46 Å². The predicted molar refractivity (Wildman–Crippen MR) is 78.4 cm³/mol. The molecule has 7 heteroatoms. The maximum Gasteiger partial charge on any atom is 0.339 e. The number of aryl methyl sites for hydroxylation is 1. The van der Waals surface area contributed by atoms with Crippen LogP contribution in [0.3, 0.4) is 0 Å². The smallest absolute Gasteiger partial charge is 0.339 e. The Morgan fingerprint density at radius 3 is 2.67 bits per heavy atom. The van der Waals surface area contributed by atoms with Gasteiger partial charge < -0.3 is 10.5 Å². The number of sulfonamides is 1. The van der Waals surface area contributed by atoms with Gasteiger partial charge in [-0.25, -0.2) is 17.9 Å². The van der Waals surface area contributed by atoms with E-state index >= 15 is 0 Å². The van der Waals surface area contributed by atoms with Crippen molar-refractivity contribution in [2.75, 3.05) is 13.7 Å². The van der Waals surface area contributed by atoms with Crippen molar-refractivity contribution < 1.29 is 17.9 Å². The zero-order valence-electron chi connectivity index (χ0n) is 12.1. The molecular weight excluding hydrogens is 292 g/mol. The van der Waals surface area contributed by atoms with Crippen LogP contribution in [-0.2, 0) is 14.8 Å². The Morgan fingerprint density at radius 1 is 1.48 bits per heavy atom. The lowest BCUT2D eigenvalue weighted by molar-refractivity contribution is 0.0596. The van der Waals surface area contributed by atoms with Gasteiger partial charge in [-0.15, -0.1) is 0 Å². The van der Waals surface area contributed by atoms with E-state index in [1.807, 2.05) is 0 Å². The Bertz CT molecular complexity index is 638. The Kier molecular flexibility index (Phi) is 4.65. The first-order valence-corrected chi connectivity index (χ1v) is 8.28. The third-order valence-electron chi connectivity index (χ3n) is 3.58. The largest absolute Gasteiger partial charge is 0.465 e. The summed E-state index contributed by atoms with van der Waals surface area (Å²) in [4.78, 5) is 11.7. The number of methoxy groups -OCH3 is 1. The number of nitrogens with two attached hydrogens (primary N) is 1. The number of hydrogen-bond acceptors (Lipinski definition) is 5. The van der Waals surface area contributed by atoms with Crippen molar-refractivity contribution in [3.05, 3.63) is 29.3 Å². The Balaban J connectivity index is 2.37. The third-order valence-corrected chi connectivity index (χ3v) is 5.13. The minimum atomic E-state index is -3.81. The summed E-state index contributed by atoms with van der Waals surface area (Å²) >= 11 is 0. The van der Waals surface area contributed by atoms with Crippen LogP contribution < -0.4 is 10.5 Å². The number of esters is 1. The molecule has 6 nitrogen and oxygen atoms in total. The quantitative estimate of drug-likeness (QED) is 0.757. The Labute approximate surface area is 124 Å². The molecule has 116 valence electrons. The highest BCUT2D eigenvalue weighted by atomic mass is 32.2. The van der Waals surface area contributed by atoms with Crippen LogP contribution in [0, 0.1) is 12.8 Å². The predicted octanol–water partition coefficient (Wildman–Crippen LogP) is 0.797. The monoisotopic (exact) mass is 312 g/mol. The molecule has 0 saturated heterocycles. The SMILES string of the molecule is COC(=O)c1cc(C)ccc1S(=O)(=O)NC(CN)C1CC1. The van der Waals surface area contributed by atoms with Crippen molar-refractivity contribution in [3.63, 3.8) is 0 Å². The lowest BCUT2D eigenvalue weighted by atomic mass is 10.1. The van der Waals surface area contributed by atoms with E-state index in [9.17, 15) is 13.2 Å². The Morgan fingerprint density at radius 2 is 2.14 bits per heavy atom. The van der Waals surface area contributed by atoms with Gasteiger partial charge in [-0.05, 0) is 37.8 Å². The molecule has 1 aromatic carbocycles.